The van der Waals surface area contributed by atoms with Gasteiger partial charge in [-0.1, -0.05) is 18.2 Å². The van der Waals surface area contributed by atoms with Crippen molar-refractivity contribution in [1.82, 2.24) is 9.97 Å². The van der Waals surface area contributed by atoms with Crippen LogP contribution in [0.1, 0.15) is 27.8 Å². The highest BCUT2D eigenvalue weighted by molar-refractivity contribution is 6.04. The van der Waals surface area contributed by atoms with Crippen LogP contribution in [-0.2, 0) is 4.74 Å². The van der Waals surface area contributed by atoms with Gasteiger partial charge in [-0.25, -0.2) is 14.8 Å². The Labute approximate surface area is 163 Å². The van der Waals surface area contributed by atoms with Gasteiger partial charge in [-0.3, -0.25) is 4.79 Å². The molecule has 0 saturated heterocycles. The molecule has 1 N–H and O–H groups in total. The SMILES string of the molecule is CCOC(=O)c1ccc(Nc2nccc(C(=O)N(C)c3ccccc3)n2)cc1. The van der Waals surface area contributed by atoms with Gasteiger partial charge in [-0.2, -0.15) is 0 Å². The predicted octanol–water partition coefficient (Wildman–Crippen LogP) is 3.67. The van der Waals surface area contributed by atoms with Crippen LogP contribution in [0.25, 0.3) is 0 Å². The molecule has 1 heterocycles. The number of hydrogen-bond acceptors (Lipinski definition) is 6. The van der Waals surface area contributed by atoms with Crippen molar-refractivity contribution < 1.29 is 14.3 Å². The molecule has 0 radical (unpaired) electrons. The van der Waals surface area contributed by atoms with Gasteiger partial charge in [-0.15, -0.1) is 0 Å². The van der Waals surface area contributed by atoms with E-state index in [4.69, 9.17) is 4.74 Å². The number of nitrogens with zero attached hydrogens (tertiary/aromatic N) is 3. The van der Waals surface area contributed by atoms with Gasteiger partial charge in [0.15, 0.2) is 0 Å². The summed E-state index contributed by atoms with van der Waals surface area (Å²) in [5, 5.41) is 3.03. The highest BCUT2D eigenvalue weighted by Gasteiger charge is 2.15. The third-order valence-electron chi connectivity index (χ3n) is 3.97. The lowest BCUT2D eigenvalue weighted by Crippen LogP contribution is -2.27. The lowest BCUT2D eigenvalue weighted by Gasteiger charge is -2.17. The lowest BCUT2D eigenvalue weighted by atomic mass is 10.2. The van der Waals surface area contributed by atoms with Crippen LogP contribution in [0, 0.1) is 0 Å². The Bertz CT molecular complexity index is 959. The number of ether oxygens (including phenoxy) is 1. The fourth-order valence-corrected chi connectivity index (χ4v) is 2.51. The molecule has 0 spiro atoms. The number of amides is 1. The van der Waals surface area contributed by atoms with E-state index in [0.29, 0.717) is 17.9 Å². The number of aromatic nitrogens is 2. The minimum absolute atomic E-state index is 0.241. The molecule has 0 aliphatic carbocycles. The highest BCUT2D eigenvalue weighted by atomic mass is 16.5. The second-order valence-electron chi connectivity index (χ2n) is 5.89. The van der Waals surface area contributed by atoms with Crippen LogP contribution >= 0.6 is 0 Å². The van der Waals surface area contributed by atoms with Crippen molar-refractivity contribution in [3.63, 3.8) is 0 Å². The highest BCUT2D eigenvalue weighted by Crippen LogP contribution is 2.17. The number of esters is 1. The Hall–Kier alpha value is -3.74. The third-order valence-corrected chi connectivity index (χ3v) is 3.97. The van der Waals surface area contributed by atoms with Crippen LogP contribution in [0.2, 0.25) is 0 Å². The minimum Gasteiger partial charge on any atom is -0.462 e. The molecule has 0 saturated carbocycles. The molecule has 142 valence electrons. The molecule has 0 bridgehead atoms. The minimum atomic E-state index is -0.373. The summed E-state index contributed by atoms with van der Waals surface area (Å²) in [6.45, 7) is 2.08. The third kappa shape index (κ3) is 4.50. The number of carbonyl (C=O) groups excluding carboxylic acids is 2. The molecule has 0 fully saturated rings. The van der Waals surface area contributed by atoms with E-state index in [1.165, 1.54) is 11.1 Å². The van der Waals surface area contributed by atoms with Crippen molar-refractivity contribution in [2.45, 2.75) is 6.92 Å². The van der Waals surface area contributed by atoms with E-state index in [0.717, 1.165) is 5.69 Å². The largest absolute Gasteiger partial charge is 0.462 e. The Morgan fingerprint density at radius 2 is 1.75 bits per heavy atom. The Morgan fingerprint density at radius 1 is 1.04 bits per heavy atom. The van der Waals surface area contributed by atoms with Gasteiger partial charge in [0.2, 0.25) is 5.95 Å². The van der Waals surface area contributed by atoms with E-state index in [1.807, 2.05) is 30.3 Å². The van der Waals surface area contributed by atoms with Crippen molar-refractivity contribution in [3.8, 4) is 0 Å². The van der Waals surface area contributed by atoms with E-state index in [-0.39, 0.29) is 23.5 Å². The monoisotopic (exact) mass is 376 g/mol. The number of anilines is 3. The maximum Gasteiger partial charge on any atom is 0.338 e. The molecule has 0 aliphatic rings. The molecule has 1 amide bonds. The maximum atomic E-state index is 12.7. The first kappa shape index (κ1) is 19.0. The first-order chi connectivity index (χ1) is 13.6. The van der Waals surface area contributed by atoms with Crippen LogP contribution in [0.3, 0.4) is 0 Å². The number of hydrogen-bond donors (Lipinski definition) is 1. The van der Waals surface area contributed by atoms with E-state index in [1.54, 1.807) is 44.3 Å². The molecule has 0 unspecified atom stereocenters. The summed E-state index contributed by atoms with van der Waals surface area (Å²) in [6.07, 6.45) is 1.52. The molecular weight excluding hydrogens is 356 g/mol. The first-order valence-corrected chi connectivity index (χ1v) is 8.79. The summed E-state index contributed by atoms with van der Waals surface area (Å²) in [6, 6.07) is 17.6. The van der Waals surface area contributed by atoms with Gasteiger partial charge in [0.05, 0.1) is 12.2 Å². The number of nitrogens with one attached hydrogen (secondary N) is 1. The topological polar surface area (TPSA) is 84.4 Å². The second kappa shape index (κ2) is 8.77. The smallest absolute Gasteiger partial charge is 0.338 e. The normalized spacial score (nSPS) is 10.2. The fraction of sp³-hybridized carbons (Fsp3) is 0.143. The molecule has 7 nitrogen and oxygen atoms in total. The zero-order valence-corrected chi connectivity index (χ0v) is 15.6. The summed E-state index contributed by atoms with van der Waals surface area (Å²) < 4.78 is 4.96. The first-order valence-electron chi connectivity index (χ1n) is 8.79. The Kier molecular flexibility index (Phi) is 5.96. The maximum absolute atomic E-state index is 12.7. The standard InChI is InChI=1S/C21H20N4O3/c1-3-28-20(27)15-9-11-16(12-10-15)23-21-22-14-13-18(24-21)19(26)25(2)17-7-5-4-6-8-17/h4-14H,3H2,1-2H3,(H,22,23,24). The summed E-state index contributed by atoms with van der Waals surface area (Å²) in [5.74, 6) is -0.327. The zero-order chi connectivity index (χ0) is 19.9. The van der Waals surface area contributed by atoms with Crippen LogP contribution in [-0.4, -0.2) is 35.5 Å². The van der Waals surface area contributed by atoms with E-state index in [9.17, 15) is 9.59 Å². The van der Waals surface area contributed by atoms with Gasteiger partial charge in [0.1, 0.15) is 5.69 Å². The molecule has 3 rings (SSSR count). The molecular formula is C21H20N4O3. The second-order valence-corrected chi connectivity index (χ2v) is 5.89. The summed E-state index contributed by atoms with van der Waals surface area (Å²) in [5.41, 5.74) is 2.19. The zero-order valence-electron chi connectivity index (χ0n) is 15.6. The average molecular weight is 376 g/mol. The number of para-hydroxylation sites is 1. The van der Waals surface area contributed by atoms with Gasteiger partial charge in [-0.05, 0) is 49.4 Å². The van der Waals surface area contributed by atoms with Gasteiger partial charge >= 0.3 is 5.97 Å². The van der Waals surface area contributed by atoms with E-state index in [2.05, 4.69) is 15.3 Å². The van der Waals surface area contributed by atoms with Crippen LogP contribution in [0.15, 0.2) is 66.9 Å². The fourth-order valence-electron chi connectivity index (χ4n) is 2.51. The molecule has 1 aromatic heterocycles. The van der Waals surface area contributed by atoms with Crippen LogP contribution in [0.4, 0.5) is 17.3 Å². The van der Waals surface area contributed by atoms with E-state index >= 15 is 0 Å². The predicted molar refractivity (Wildman–Crippen MR) is 107 cm³/mol. The van der Waals surface area contributed by atoms with Crippen molar-refractivity contribution >= 4 is 29.2 Å². The van der Waals surface area contributed by atoms with Crippen LogP contribution < -0.4 is 10.2 Å². The van der Waals surface area contributed by atoms with Crippen molar-refractivity contribution in [2.75, 3.05) is 23.9 Å². The average Bonchev–Trinajstić information content (AvgIpc) is 2.74. The molecule has 3 aromatic rings. The van der Waals surface area contributed by atoms with Gasteiger partial charge in [0.25, 0.3) is 5.91 Å². The Balaban J connectivity index is 1.73. The molecule has 0 atom stereocenters. The molecule has 2 aromatic carbocycles. The van der Waals surface area contributed by atoms with E-state index < -0.39 is 0 Å². The molecule has 28 heavy (non-hydrogen) atoms. The van der Waals surface area contributed by atoms with Crippen LogP contribution in [0.5, 0.6) is 0 Å². The molecule has 7 heteroatoms. The Morgan fingerprint density at radius 3 is 2.43 bits per heavy atom. The number of rotatable bonds is 6. The summed E-state index contributed by atoms with van der Waals surface area (Å²) in [7, 11) is 1.70. The summed E-state index contributed by atoms with van der Waals surface area (Å²) >= 11 is 0. The van der Waals surface area contributed by atoms with Gasteiger partial charge in [0, 0.05) is 24.6 Å². The molecule has 0 aliphatic heterocycles. The quantitative estimate of drug-likeness (QED) is 0.661. The summed E-state index contributed by atoms with van der Waals surface area (Å²) in [4.78, 5) is 34.4. The number of carbonyl (C=O) groups is 2. The number of benzene rings is 2. The lowest BCUT2D eigenvalue weighted by molar-refractivity contribution is 0.0526. The van der Waals surface area contributed by atoms with Crippen molar-refractivity contribution in [3.05, 3.63) is 78.1 Å². The van der Waals surface area contributed by atoms with Crippen molar-refractivity contribution in [2.24, 2.45) is 0 Å². The van der Waals surface area contributed by atoms with Gasteiger partial charge < -0.3 is 15.0 Å². The van der Waals surface area contributed by atoms with Crippen molar-refractivity contribution in [1.29, 1.82) is 0 Å².